The molecule has 26 heavy (non-hydrogen) atoms. The van der Waals surface area contributed by atoms with Crippen molar-refractivity contribution in [3.8, 4) is 0 Å². The van der Waals surface area contributed by atoms with Gasteiger partial charge < -0.3 is 10.3 Å². The van der Waals surface area contributed by atoms with Crippen molar-refractivity contribution in [2.24, 2.45) is 23.2 Å². The fourth-order valence-electron chi connectivity index (χ4n) is 6.76. The highest BCUT2D eigenvalue weighted by Crippen LogP contribution is 2.61. The topological polar surface area (TPSA) is 44.9 Å². The molecule has 4 fully saturated rings. The highest BCUT2D eigenvalue weighted by atomic mass is 16.1. The number of hydrogen-bond acceptors (Lipinski definition) is 1. The largest absolute Gasteiger partial charge is 0.361 e. The number of aryl methyl sites for hydroxylation is 1. The van der Waals surface area contributed by atoms with E-state index in [0.717, 1.165) is 29.7 Å². The summed E-state index contributed by atoms with van der Waals surface area (Å²) in [6, 6.07) is 8.66. The minimum atomic E-state index is 0.221. The van der Waals surface area contributed by atoms with Crippen molar-refractivity contribution in [1.82, 2.24) is 10.3 Å². The third kappa shape index (κ3) is 2.76. The first-order chi connectivity index (χ1) is 12.6. The maximum absolute atomic E-state index is 12.7. The number of para-hydroxylation sites is 1. The second kappa shape index (κ2) is 6.14. The van der Waals surface area contributed by atoms with E-state index in [1.165, 1.54) is 49.5 Å². The number of amides is 1. The van der Waals surface area contributed by atoms with Crippen LogP contribution in [0.2, 0.25) is 0 Å². The molecule has 2 N–H and O–H groups in total. The molecule has 1 amide bonds. The van der Waals surface area contributed by atoms with Gasteiger partial charge in [0.15, 0.2) is 0 Å². The van der Waals surface area contributed by atoms with Crippen LogP contribution in [0.1, 0.15) is 57.4 Å². The Balaban J connectivity index is 1.22. The summed E-state index contributed by atoms with van der Waals surface area (Å²) in [5, 5.41) is 4.64. The third-order valence-electron chi connectivity index (χ3n) is 7.68. The fraction of sp³-hybridized carbons (Fsp3) is 0.609. The van der Waals surface area contributed by atoms with E-state index in [4.69, 9.17) is 0 Å². The highest BCUT2D eigenvalue weighted by Gasteiger charge is 2.53. The molecule has 6 rings (SSSR count). The van der Waals surface area contributed by atoms with Crippen LogP contribution in [0.25, 0.3) is 10.9 Å². The van der Waals surface area contributed by atoms with Gasteiger partial charge in [-0.1, -0.05) is 18.2 Å². The quantitative estimate of drug-likeness (QED) is 0.798. The Hall–Kier alpha value is -1.77. The van der Waals surface area contributed by atoms with Gasteiger partial charge in [-0.15, -0.1) is 0 Å². The van der Waals surface area contributed by atoms with Gasteiger partial charge in [0.2, 0.25) is 5.91 Å². The first-order valence-electron chi connectivity index (χ1n) is 10.5. The number of carbonyl (C=O) groups is 1. The lowest BCUT2D eigenvalue weighted by Crippen LogP contribution is -2.55. The van der Waals surface area contributed by atoms with E-state index in [2.05, 4.69) is 41.6 Å². The minimum absolute atomic E-state index is 0.221. The average molecular weight is 351 g/mol. The summed E-state index contributed by atoms with van der Waals surface area (Å²) < 4.78 is 0. The van der Waals surface area contributed by atoms with Crippen molar-refractivity contribution in [1.29, 1.82) is 0 Å². The van der Waals surface area contributed by atoms with Crippen LogP contribution in [0.3, 0.4) is 0 Å². The second-order valence-corrected chi connectivity index (χ2v) is 9.43. The Morgan fingerprint density at radius 2 is 1.81 bits per heavy atom. The number of nitrogens with one attached hydrogen (secondary N) is 2. The first-order valence-corrected chi connectivity index (χ1v) is 10.5. The van der Waals surface area contributed by atoms with Gasteiger partial charge in [0, 0.05) is 29.6 Å². The maximum Gasteiger partial charge on any atom is 0.220 e. The molecule has 4 aliphatic rings. The summed E-state index contributed by atoms with van der Waals surface area (Å²) in [6.45, 7) is 2.27. The van der Waals surface area contributed by atoms with Gasteiger partial charge in [-0.25, -0.2) is 0 Å². The number of benzene rings is 1. The highest BCUT2D eigenvalue weighted by molar-refractivity contribution is 5.84. The lowest BCUT2D eigenvalue weighted by molar-refractivity contribution is -0.125. The lowest BCUT2D eigenvalue weighted by Gasteiger charge is -2.59. The van der Waals surface area contributed by atoms with Gasteiger partial charge in [0.1, 0.15) is 0 Å². The van der Waals surface area contributed by atoms with Gasteiger partial charge in [0.25, 0.3) is 0 Å². The molecule has 2 aromatic rings. The zero-order valence-corrected chi connectivity index (χ0v) is 15.8. The van der Waals surface area contributed by atoms with Crippen LogP contribution in [0.15, 0.2) is 30.5 Å². The lowest BCUT2D eigenvalue weighted by atomic mass is 9.48. The molecule has 4 saturated carbocycles. The van der Waals surface area contributed by atoms with Gasteiger partial charge in [0.05, 0.1) is 0 Å². The van der Waals surface area contributed by atoms with Crippen LogP contribution in [0, 0.1) is 23.2 Å². The molecule has 1 atom stereocenters. The molecular formula is C23H30N2O. The van der Waals surface area contributed by atoms with E-state index in [0.29, 0.717) is 17.9 Å². The van der Waals surface area contributed by atoms with Gasteiger partial charge in [-0.05, 0) is 86.7 Å². The number of fused-ring (bicyclic) bond motifs is 1. The molecule has 1 aromatic heterocycles. The molecule has 0 aliphatic heterocycles. The SMILES string of the molecule is CC(NC(=O)CCc1c[nH]c2ccccc12)C12CC3CC(CC(C3)C1)C2. The Bertz CT molecular complexity index is 785. The third-order valence-corrected chi connectivity index (χ3v) is 7.68. The Morgan fingerprint density at radius 3 is 2.50 bits per heavy atom. The van der Waals surface area contributed by atoms with Crippen molar-refractivity contribution >= 4 is 16.8 Å². The molecule has 1 heterocycles. The van der Waals surface area contributed by atoms with Gasteiger partial charge in [-0.2, -0.15) is 0 Å². The first kappa shape index (κ1) is 16.4. The molecule has 4 aliphatic carbocycles. The van der Waals surface area contributed by atoms with E-state index in [1.54, 1.807) is 0 Å². The molecule has 0 saturated heterocycles. The van der Waals surface area contributed by atoms with Crippen LogP contribution in [0.4, 0.5) is 0 Å². The van der Waals surface area contributed by atoms with Crippen molar-refractivity contribution in [3.05, 3.63) is 36.0 Å². The Labute approximate surface area is 155 Å². The number of carbonyl (C=O) groups excluding carboxylic acids is 1. The van der Waals surface area contributed by atoms with Gasteiger partial charge >= 0.3 is 0 Å². The van der Waals surface area contributed by atoms with Crippen molar-refractivity contribution < 1.29 is 4.79 Å². The maximum atomic E-state index is 12.7. The van der Waals surface area contributed by atoms with Gasteiger partial charge in [-0.3, -0.25) is 4.79 Å². The number of aromatic nitrogens is 1. The van der Waals surface area contributed by atoms with E-state index < -0.39 is 0 Å². The summed E-state index contributed by atoms with van der Waals surface area (Å²) in [5.41, 5.74) is 2.80. The van der Waals surface area contributed by atoms with Crippen LogP contribution in [0.5, 0.6) is 0 Å². The minimum Gasteiger partial charge on any atom is -0.361 e. The van der Waals surface area contributed by atoms with Crippen molar-refractivity contribution in [2.75, 3.05) is 0 Å². The fourth-order valence-corrected chi connectivity index (χ4v) is 6.76. The average Bonchev–Trinajstić information content (AvgIpc) is 3.02. The number of H-pyrrole nitrogens is 1. The Morgan fingerprint density at radius 1 is 1.15 bits per heavy atom. The summed E-state index contributed by atoms with van der Waals surface area (Å²) in [4.78, 5) is 16.0. The molecule has 3 nitrogen and oxygen atoms in total. The zero-order valence-electron chi connectivity index (χ0n) is 15.8. The molecular weight excluding hydrogens is 320 g/mol. The molecule has 138 valence electrons. The van der Waals surface area contributed by atoms with Crippen LogP contribution in [-0.2, 0) is 11.2 Å². The second-order valence-electron chi connectivity index (χ2n) is 9.43. The molecule has 0 radical (unpaired) electrons. The normalized spacial score (nSPS) is 33.5. The smallest absolute Gasteiger partial charge is 0.220 e. The summed E-state index contributed by atoms with van der Waals surface area (Å²) >= 11 is 0. The van der Waals surface area contributed by atoms with Crippen LogP contribution in [-0.4, -0.2) is 16.9 Å². The molecule has 0 spiro atoms. The van der Waals surface area contributed by atoms with Crippen LogP contribution >= 0.6 is 0 Å². The van der Waals surface area contributed by atoms with Crippen LogP contribution < -0.4 is 5.32 Å². The van der Waals surface area contributed by atoms with Crippen molar-refractivity contribution in [2.45, 2.75) is 64.3 Å². The Kier molecular flexibility index (Phi) is 3.88. The predicted octanol–water partition coefficient (Wildman–Crippen LogP) is 4.82. The monoisotopic (exact) mass is 350 g/mol. The van der Waals surface area contributed by atoms with Crippen molar-refractivity contribution in [3.63, 3.8) is 0 Å². The summed E-state index contributed by atoms with van der Waals surface area (Å²) in [6.07, 6.45) is 11.9. The molecule has 4 bridgehead atoms. The predicted molar refractivity (Wildman–Crippen MR) is 105 cm³/mol. The van der Waals surface area contributed by atoms with E-state index in [1.807, 2.05) is 6.07 Å². The number of rotatable bonds is 5. The standard InChI is InChI=1S/C23H30N2O/c1-15(23-11-16-8-17(12-23)10-18(9-16)13-23)25-22(26)7-6-19-14-24-21-5-3-2-4-20(19)21/h2-5,14-18,24H,6-13H2,1H3,(H,25,26). The number of hydrogen-bond donors (Lipinski definition) is 2. The zero-order chi connectivity index (χ0) is 17.7. The molecule has 1 unspecified atom stereocenters. The number of aromatic amines is 1. The van der Waals surface area contributed by atoms with E-state index in [-0.39, 0.29) is 5.91 Å². The van der Waals surface area contributed by atoms with E-state index in [9.17, 15) is 4.79 Å². The molecule has 3 heteroatoms. The summed E-state index contributed by atoms with van der Waals surface area (Å²) in [7, 11) is 0. The summed E-state index contributed by atoms with van der Waals surface area (Å²) in [5.74, 6) is 3.03. The molecule has 1 aromatic carbocycles. The van der Waals surface area contributed by atoms with E-state index >= 15 is 0 Å².